The zero-order valence-corrected chi connectivity index (χ0v) is 15.9. The number of piperazine rings is 1. The van der Waals surface area contributed by atoms with Crippen LogP contribution in [-0.2, 0) is 0 Å². The lowest BCUT2D eigenvalue weighted by molar-refractivity contribution is 0.0746. The average Bonchev–Trinajstić information content (AvgIpc) is 3.25. The van der Waals surface area contributed by atoms with Gasteiger partial charge in [-0.05, 0) is 12.1 Å². The Morgan fingerprint density at radius 2 is 1.96 bits per heavy atom. The molecule has 0 saturated carbocycles. The van der Waals surface area contributed by atoms with Gasteiger partial charge in [-0.25, -0.2) is 4.98 Å². The molecule has 0 aliphatic carbocycles. The van der Waals surface area contributed by atoms with E-state index in [1.54, 1.807) is 18.6 Å². The number of amides is 1. The number of carbonyl (C=O) groups is 1. The van der Waals surface area contributed by atoms with Crippen LogP contribution in [0, 0.1) is 0 Å². The summed E-state index contributed by atoms with van der Waals surface area (Å²) < 4.78 is 0. The van der Waals surface area contributed by atoms with Crippen LogP contribution in [0.3, 0.4) is 0 Å². The minimum absolute atomic E-state index is 0.0213. The Bertz CT molecular complexity index is 947. The number of hydrogen-bond acceptors (Lipinski definition) is 7. The number of anilines is 2. The molecule has 2 aromatic heterocycles. The van der Waals surface area contributed by atoms with Crippen molar-refractivity contribution >= 4 is 17.7 Å². The summed E-state index contributed by atoms with van der Waals surface area (Å²) in [6, 6.07) is 7.49. The average molecular weight is 378 g/mol. The van der Waals surface area contributed by atoms with E-state index in [-0.39, 0.29) is 5.91 Å². The Balaban J connectivity index is 1.45. The van der Waals surface area contributed by atoms with Gasteiger partial charge in [0, 0.05) is 63.8 Å². The molecule has 1 aromatic carbocycles. The molecule has 3 heterocycles. The molecule has 28 heavy (non-hydrogen) atoms. The highest BCUT2D eigenvalue weighted by Crippen LogP contribution is 2.20. The Morgan fingerprint density at radius 1 is 1.14 bits per heavy atom. The van der Waals surface area contributed by atoms with Crippen molar-refractivity contribution in [2.45, 2.75) is 0 Å². The highest BCUT2D eigenvalue weighted by atomic mass is 16.2. The van der Waals surface area contributed by atoms with Crippen LogP contribution in [0.1, 0.15) is 10.4 Å². The molecule has 3 aromatic rings. The summed E-state index contributed by atoms with van der Waals surface area (Å²) in [5.74, 6) is 2.12. The first-order valence-corrected chi connectivity index (χ1v) is 9.12. The fraction of sp³-hybridized carbons (Fsp3) is 0.316. The van der Waals surface area contributed by atoms with Gasteiger partial charge >= 0.3 is 0 Å². The van der Waals surface area contributed by atoms with Crippen molar-refractivity contribution < 1.29 is 4.79 Å². The van der Waals surface area contributed by atoms with Crippen molar-refractivity contribution in [3.63, 3.8) is 0 Å². The van der Waals surface area contributed by atoms with Crippen molar-refractivity contribution in [1.82, 2.24) is 30.0 Å². The molecule has 0 unspecified atom stereocenters. The maximum atomic E-state index is 13.0. The number of carbonyl (C=O) groups excluding carboxylic acids is 1. The molecular formula is C19H22N8O. The maximum absolute atomic E-state index is 13.0. The van der Waals surface area contributed by atoms with E-state index >= 15 is 0 Å². The Labute approximate surface area is 163 Å². The van der Waals surface area contributed by atoms with Crippen LogP contribution in [0.5, 0.6) is 0 Å². The lowest BCUT2D eigenvalue weighted by Gasteiger charge is -2.35. The van der Waals surface area contributed by atoms with Crippen LogP contribution in [0.4, 0.5) is 11.8 Å². The standard InChI is InChI=1S/C19H22N8O/c1-25(2)19-22-17(23-24-19)14-4-3-5-15(12-14)18(28)27-10-8-26(9-11-27)16-13-20-6-7-21-16/h3-7,12-13H,8-11H2,1-2H3,(H,22,23,24). The fourth-order valence-corrected chi connectivity index (χ4v) is 3.16. The summed E-state index contributed by atoms with van der Waals surface area (Å²) in [6.45, 7) is 2.76. The van der Waals surface area contributed by atoms with Crippen molar-refractivity contribution in [2.24, 2.45) is 0 Å². The normalized spacial score (nSPS) is 14.2. The van der Waals surface area contributed by atoms with Crippen molar-refractivity contribution in [3.8, 4) is 11.4 Å². The van der Waals surface area contributed by atoms with Crippen LogP contribution in [0.2, 0.25) is 0 Å². The van der Waals surface area contributed by atoms with E-state index in [1.165, 1.54) is 0 Å². The van der Waals surface area contributed by atoms with E-state index in [9.17, 15) is 4.79 Å². The highest BCUT2D eigenvalue weighted by molar-refractivity contribution is 5.95. The SMILES string of the molecule is CN(C)c1n[nH]c(-c2cccc(C(=O)N3CCN(c4cnccn4)CC3)c2)n1. The molecule has 1 aliphatic heterocycles. The van der Waals surface area contributed by atoms with Gasteiger partial charge in [-0.1, -0.05) is 12.1 Å². The lowest BCUT2D eigenvalue weighted by atomic mass is 10.1. The fourth-order valence-electron chi connectivity index (χ4n) is 3.16. The molecule has 9 nitrogen and oxygen atoms in total. The second-order valence-corrected chi connectivity index (χ2v) is 6.80. The van der Waals surface area contributed by atoms with Gasteiger partial charge < -0.3 is 14.7 Å². The first kappa shape index (κ1) is 17.9. The van der Waals surface area contributed by atoms with Gasteiger partial charge in [0.15, 0.2) is 5.82 Å². The topological polar surface area (TPSA) is 94.1 Å². The summed E-state index contributed by atoms with van der Waals surface area (Å²) in [6.07, 6.45) is 5.09. The first-order valence-electron chi connectivity index (χ1n) is 9.12. The molecule has 1 N–H and O–H groups in total. The van der Waals surface area contributed by atoms with Crippen LogP contribution in [0.25, 0.3) is 11.4 Å². The summed E-state index contributed by atoms with van der Waals surface area (Å²) in [4.78, 5) is 31.7. The van der Waals surface area contributed by atoms with Crippen molar-refractivity contribution in [2.75, 3.05) is 50.1 Å². The van der Waals surface area contributed by atoms with Gasteiger partial charge in [0.1, 0.15) is 5.82 Å². The molecule has 1 aliphatic rings. The van der Waals surface area contributed by atoms with Gasteiger partial charge in [-0.3, -0.25) is 14.9 Å². The number of nitrogens with one attached hydrogen (secondary N) is 1. The summed E-state index contributed by atoms with van der Waals surface area (Å²) in [5.41, 5.74) is 1.48. The molecule has 0 spiro atoms. The zero-order valence-electron chi connectivity index (χ0n) is 15.9. The van der Waals surface area contributed by atoms with Gasteiger partial charge in [-0.15, -0.1) is 5.10 Å². The minimum Gasteiger partial charge on any atom is -0.352 e. The maximum Gasteiger partial charge on any atom is 0.253 e. The largest absolute Gasteiger partial charge is 0.352 e. The molecule has 1 saturated heterocycles. The minimum atomic E-state index is 0.0213. The number of H-pyrrole nitrogens is 1. The lowest BCUT2D eigenvalue weighted by Crippen LogP contribution is -2.49. The molecular weight excluding hydrogens is 356 g/mol. The predicted molar refractivity (Wildman–Crippen MR) is 106 cm³/mol. The van der Waals surface area contributed by atoms with Crippen LogP contribution in [-0.4, -0.2) is 76.2 Å². The third-order valence-corrected chi connectivity index (χ3v) is 4.70. The molecule has 9 heteroatoms. The molecule has 1 amide bonds. The molecule has 4 rings (SSSR count). The summed E-state index contributed by atoms with van der Waals surface area (Å²) in [7, 11) is 3.77. The third kappa shape index (κ3) is 3.64. The molecule has 0 radical (unpaired) electrons. The Morgan fingerprint density at radius 3 is 2.64 bits per heavy atom. The van der Waals surface area contributed by atoms with Gasteiger partial charge in [-0.2, -0.15) is 4.98 Å². The van der Waals surface area contributed by atoms with Gasteiger partial charge in [0.25, 0.3) is 5.91 Å². The molecule has 0 bridgehead atoms. The Kier molecular flexibility index (Phi) is 4.88. The zero-order chi connectivity index (χ0) is 19.5. The number of rotatable bonds is 4. The second kappa shape index (κ2) is 7.63. The number of aromatic amines is 1. The first-order chi connectivity index (χ1) is 13.6. The van der Waals surface area contributed by atoms with E-state index in [0.717, 1.165) is 24.5 Å². The summed E-state index contributed by atoms with van der Waals surface area (Å²) >= 11 is 0. The van der Waals surface area contributed by atoms with E-state index < -0.39 is 0 Å². The van der Waals surface area contributed by atoms with E-state index in [4.69, 9.17) is 0 Å². The summed E-state index contributed by atoms with van der Waals surface area (Å²) in [5, 5.41) is 7.10. The predicted octanol–water partition coefficient (Wildman–Crippen LogP) is 1.29. The molecule has 1 fully saturated rings. The number of nitrogens with zero attached hydrogens (tertiary/aromatic N) is 7. The molecule has 0 atom stereocenters. The second-order valence-electron chi connectivity index (χ2n) is 6.80. The van der Waals surface area contributed by atoms with Gasteiger partial charge in [0.2, 0.25) is 5.95 Å². The van der Waals surface area contributed by atoms with Gasteiger partial charge in [0.05, 0.1) is 6.20 Å². The van der Waals surface area contributed by atoms with E-state index in [0.29, 0.717) is 30.4 Å². The van der Waals surface area contributed by atoms with E-state index in [2.05, 4.69) is 30.0 Å². The van der Waals surface area contributed by atoms with Crippen molar-refractivity contribution in [1.29, 1.82) is 0 Å². The van der Waals surface area contributed by atoms with Crippen LogP contribution < -0.4 is 9.80 Å². The Hall–Kier alpha value is -3.49. The third-order valence-electron chi connectivity index (χ3n) is 4.70. The highest BCUT2D eigenvalue weighted by Gasteiger charge is 2.23. The van der Waals surface area contributed by atoms with Crippen molar-refractivity contribution in [3.05, 3.63) is 48.4 Å². The number of hydrogen-bond donors (Lipinski definition) is 1. The van der Waals surface area contributed by atoms with Crippen LogP contribution in [0.15, 0.2) is 42.9 Å². The quantitative estimate of drug-likeness (QED) is 0.731. The number of aromatic nitrogens is 5. The monoisotopic (exact) mass is 378 g/mol. The molecule has 144 valence electrons. The van der Waals surface area contributed by atoms with Crippen LogP contribution >= 0.6 is 0 Å². The smallest absolute Gasteiger partial charge is 0.253 e. The van der Waals surface area contributed by atoms with E-state index in [1.807, 2.05) is 48.2 Å². The number of benzene rings is 1.